The minimum absolute atomic E-state index is 0.0322. The Hall–Kier alpha value is -6.41. The zero-order valence-electron chi connectivity index (χ0n) is 34.1. The van der Waals surface area contributed by atoms with Crippen LogP contribution in [0.3, 0.4) is 0 Å². The molecule has 0 saturated carbocycles. The summed E-state index contributed by atoms with van der Waals surface area (Å²) in [6, 6.07) is -8.59. The van der Waals surface area contributed by atoms with Crippen molar-refractivity contribution in [3.05, 3.63) is 0 Å². The van der Waals surface area contributed by atoms with Crippen molar-refractivity contribution in [1.29, 1.82) is 0 Å². The molecule has 8 amide bonds. The van der Waals surface area contributed by atoms with Crippen LogP contribution in [-0.4, -0.2) is 143 Å². The normalized spacial score (nSPS) is 13.5. The van der Waals surface area contributed by atoms with Crippen LogP contribution in [-0.2, 0) is 47.9 Å². The first-order chi connectivity index (χ1) is 28.6. The second kappa shape index (κ2) is 29.7. The van der Waals surface area contributed by atoms with E-state index >= 15 is 0 Å². The van der Waals surface area contributed by atoms with Gasteiger partial charge in [-0.1, -0.05) is 0 Å². The molecule has 20 N–H and O–H groups in total. The molecule has 0 spiro atoms. The van der Waals surface area contributed by atoms with E-state index in [0.29, 0.717) is 0 Å². The van der Waals surface area contributed by atoms with Gasteiger partial charge in [0.2, 0.25) is 47.3 Å². The number of carboxylic acid groups (broad SMARTS) is 2. The molecule has 0 aliphatic rings. The molecule has 0 aromatic heterocycles. The number of amides is 8. The highest BCUT2D eigenvalue weighted by atomic mass is 32.2. The van der Waals surface area contributed by atoms with Crippen LogP contribution in [0.2, 0.25) is 0 Å². The summed E-state index contributed by atoms with van der Waals surface area (Å²) in [6.07, 6.45) is -0.915. The third kappa shape index (κ3) is 25.6. The summed E-state index contributed by atoms with van der Waals surface area (Å²) in [5.74, 6) is -10.0. The monoisotopic (exact) mass is 888 g/mol. The number of nitrogens with two attached hydrogens (primary N) is 6. The van der Waals surface area contributed by atoms with Gasteiger partial charge in [-0.3, -0.25) is 57.9 Å². The van der Waals surface area contributed by atoms with Gasteiger partial charge in [0.15, 0.2) is 11.9 Å². The number of hydrogen-bond acceptors (Lipinski definition) is 13. The fraction of sp³-hybridized carbons (Fsp3) is 0.647. The van der Waals surface area contributed by atoms with Crippen LogP contribution in [0.4, 0.5) is 0 Å². The molecule has 6 atom stereocenters. The molecular formula is C34H60N14O12S. The van der Waals surface area contributed by atoms with E-state index in [1.54, 1.807) is 6.26 Å². The van der Waals surface area contributed by atoms with E-state index < -0.39 is 128 Å². The number of primary amides is 2. The molecule has 0 radical (unpaired) electrons. The summed E-state index contributed by atoms with van der Waals surface area (Å²) < 4.78 is 0. The molecule has 0 bridgehead atoms. The van der Waals surface area contributed by atoms with Gasteiger partial charge in [-0.05, 0) is 63.4 Å². The number of guanidine groups is 2. The van der Waals surface area contributed by atoms with Gasteiger partial charge in [0.1, 0.15) is 36.3 Å². The molecule has 61 heavy (non-hydrogen) atoms. The lowest BCUT2D eigenvalue weighted by Crippen LogP contribution is -2.59. The van der Waals surface area contributed by atoms with Crippen molar-refractivity contribution in [3.63, 3.8) is 0 Å². The number of carbonyl (C=O) groups is 10. The van der Waals surface area contributed by atoms with E-state index in [0.717, 1.165) is 0 Å². The highest BCUT2D eigenvalue weighted by Gasteiger charge is 2.33. The summed E-state index contributed by atoms with van der Waals surface area (Å²) in [7, 11) is 0. The first-order valence-electron chi connectivity index (χ1n) is 19.0. The van der Waals surface area contributed by atoms with E-state index in [9.17, 15) is 53.1 Å². The molecule has 0 heterocycles. The van der Waals surface area contributed by atoms with Gasteiger partial charge < -0.3 is 76.5 Å². The minimum Gasteiger partial charge on any atom is -0.481 e. The van der Waals surface area contributed by atoms with E-state index in [1.807, 2.05) is 0 Å². The topological polar surface area (TPSA) is 464 Å². The van der Waals surface area contributed by atoms with Gasteiger partial charge in [-0.2, -0.15) is 11.8 Å². The van der Waals surface area contributed by atoms with Crippen LogP contribution >= 0.6 is 11.8 Å². The number of aliphatic imine (C=N–C) groups is 2. The van der Waals surface area contributed by atoms with Crippen molar-refractivity contribution in [2.75, 3.05) is 25.1 Å². The predicted molar refractivity (Wildman–Crippen MR) is 221 cm³/mol. The summed E-state index contributed by atoms with van der Waals surface area (Å²) in [5.41, 5.74) is 32.2. The molecule has 0 aliphatic heterocycles. The highest BCUT2D eigenvalue weighted by molar-refractivity contribution is 7.98. The van der Waals surface area contributed by atoms with Gasteiger partial charge in [-0.15, -0.1) is 0 Å². The van der Waals surface area contributed by atoms with E-state index in [2.05, 4.69) is 41.9 Å². The molecule has 344 valence electrons. The molecule has 0 saturated heterocycles. The summed E-state index contributed by atoms with van der Waals surface area (Å²) in [5, 5.41) is 32.8. The predicted octanol–water partition coefficient (Wildman–Crippen LogP) is -5.74. The molecule has 0 aromatic rings. The fourth-order valence-electron chi connectivity index (χ4n) is 5.30. The second-order valence-corrected chi connectivity index (χ2v) is 14.5. The fourth-order valence-corrected chi connectivity index (χ4v) is 5.77. The third-order valence-corrected chi connectivity index (χ3v) is 9.00. The maximum absolute atomic E-state index is 13.8. The van der Waals surface area contributed by atoms with E-state index in [-0.39, 0.29) is 69.3 Å². The molecule has 0 aliphatic carbocycles. The minimum atomic E-state index is -1.61. The van der Waals surface area contributed by atoms with Crippen LogP contribution in [0.15, 0.2) is 9.98 Å². The number of aliphatic carboxylic acids is 2. The largest absolute Gasteiger partial charge is 0.481 e. The summed E-state index contributed by atoms with van der Waals surface area (Å²) in [4.78, 5) is 134. The Bertz CT molecular complexity index is 1610. The van der Waals surface area contributed by atoms with Crippen molar-refractivity contribution in [2.45, 2.75) is 114 Å². The van der Waals surface area contributed by atoms with Crippen molar-refractivity contribution < 1.29 is 58.2 Å². The SMILES string of the molecule is CSCC[C@@H](NC(=O)[C@H](CCC(N)=O)NC(=O)[C@H](CCCN=C(N)N)NC(=O)[C@H](CCCN=C(N)N)NC(C)=O)C(=O)N[C@H](CCC(=O)O)C(=O)N[C@@H](CCC(=O)O)C(N)=O. The number of nitrogens with one attached hydrogen (secondary N) is 6. The Kier molecular flexibility index (Phi) is 26.6. The molecule has 0 unspecified atom stereocenters. The maximum atomic E-state index is 13.8. The van der Waals surface area contributed by atoms with Crippen LogP contribution < -0.4 is 66.3 Å². The highest BCUT2D eigenvalue weighted by Crippen LogP contribution is 2.09. The van der Waals surface area contributed by atoms with Gasteiger partial charge in [0, 0.05) is 39.3 Å². The Labute approximate surface area is 355 Å². The maximum Gasteiger partial charge on any atom is 0.303 e. The average Bonchev–Trinajstić information content (AvgIpc) is 3.16. The van der Waals surface area contributed by atoms with Crippen LogP contribution in [0, 0.1) is 0 Å². The van der Waals surface area contributed by atoms with E-state index in [1.165, 1.54) is 18.7 Å². The van der Waals surface area contributed by atoms with Gasteiger partial charge in [0.25, 0.3) is 0 Å². The Morgan fingerprint density at radius 2 is 0.820 bits per heavy atom. The third-order valence-electron chi connectivity index (χ3n) is 8.36. The number of carboxylic acids is 2. The number of hydrogen-bond donors (Lipinski definition) is 14. The first kappa shape index (κ1) is 54.6. The Balaban J connectivity index is 6.54. The van der Waals surface area contributed by atoms with E-state index in [4.69, 9.17) is 39.5 Å². The molecule has 27 heteroatoms. The lowest BCUT2D eigenvalue weighted by atomic mass is 10.0. The first-order valence-corrected chi connectivity index (χ1v) is 20.4. The molecule has 0 rings (SSSR count). The molecular weight excluding hydrogens is 829 g/mol. The molecule has 0 aromatic carbocycles. The summed E-state index contributed by atoms with van der Waals surface area (Å²) in [6.45, 7) is 1.34. The van der Waals surface area contributed by atoms with Gasteiger partial charge in [-0.25, -0.2) is 0 Å². The number of thioether (sulfide) groups is 1. The molecule has 26 nitrogen and oxygen atoms in total. The number of rotatable bonds is 32. The second-order valence-electron chi connectivity index (χ2n) is 13.5. The van der Waals surface area contributed by atoms with Crippen molar-refractivity contribution in [1.82, 2.24) is 31.9 Å². The van der Waals surface area contributed by atoms with Gasteiger partial charge in [0.05, 0.1) is 0 Å². The average molecular weight is 889 g/mol. The van der Waals surface area contributed by atoms with Crippen molar-refractivity contribution in [2.24, 2.45) is 44.4 Å². The lowest BCUT2D eigenvalue weighted by Gasteiger charge is -2.27. The number of nitrogens with zero attached hydrogens (tertiary/aromatic N) is 2. The zero-order valence-corrected chi connectivity index (χ0v) is 34.9. The number of carbonyl (C=O) groups excluding carboxylic acids is 8. The quantitative estimate of drug-likeness (QED) is 0.0170. The standard InChI is InChI=1S/C34H60N14O12S/c1-17(49)43-19(5-3-14-41-33(37)38)28(56)45-20(6-4-15-42-34(39)40)29(57)46-21(7-10-24(35)50)31(59)48-23(13-16-61-2)32(60)47-22(9-12-26(53)54)30(58)44-18(27(36)55)8-11-25(51)52/h18-23H,3-16H2,1-2H3,(H2,35,50)(H2,36,55)(H,43,49)(H,44,58)(H,45,56)(H,46,57)(H,47,60)(H,48,59)(H,51,52)(H,53,54)(H4,37,38,41)(H4,39,40,42)/t18-,19-,20-,21-,22+,23+/m0/s1. The van der Waals surface area contributed by atoms with Crippen LogP contribution in [0.25, 0.3) is 0 Å². The smallest absolute Gasteiger partial charge is 0.303 e. The lowest BCUT2D eigenvalue weighted by molar-refractivity contribution is -0.139. The Morgan fingerprint density at radius 3 is 1.15 bits per heavy atom. The summed E-state index contributed by atoms with van der Waals surface area (Å²) >= 11 is 1.27. The zero-order chi connectivity index (χ0) is 46.7. The molecule has 0 fully saturated rings. The van der Waals surface area contributed by atoms with Gasteiger partial charge >= 0.3 is 11.9 Å². The van der Waals surface area contributed by atoms with Crippen molar-refractivity contribution in [3.8, 4) is 0 Å². The van der Waals surface area contributed by atoms with Crippen LogP contribution in [0.5, 0.6) is 0 Å². The Morgan fingerprint density at radius 1 is 0.492 bits per heavy atom. The van der Waals surface area contributed by atoms with Crippen molar-refractivity contribution >= 4 is 82.9 Å². The van der Waals surface area contributed by atoms with Crippen LogP contribution in [0.1, 0.15) is 77.6 Å².